The summed E-state index contributed by atoms with van der Waals surface area (Å²) in [4.78, 5) is 15.9. The van der Waals surface area contributed by atoms with E-state index in [9.17, 15) is 9.18 Å². The van der Waals surface area contributed by atoms with E-state index in [-0.39, 0.29) is 17.5 Å². The SMILES string of the molecule is Nc1[nH]ncc1C(=O)N1CCN(c2ccccc2F)CC1. The lowest BCUT2D eigenvalue weighted by Gasteiger charge is -2.36. The number of hydrogen-bond acceptors (Lipinski definition) is 4. The number of rotatable bonds is 2. The summed E-state index contributed by atoms with van der Waals surface area (Å²) < 4.78 is 13.8. The van der Waals surface area contributed by atoms with Crippen molar-refractivity contribution in [3.05, 3.63) is 41.8 Å². The summed E-state index contributed by atoms with van der Waals surface area (Å²) in [5.41, 5.74) is 6.62. The summed E-state index contributed by atoms with van der Waals surface area (Å²) in [5, 5.41) is 6.31. The number of aromatic amines is 1. The van der Waals surface area contributed by atoms with E-state index in [1.54, 1.807) is 17.0 Å². The van der Waals surface area contributed by atoms with Crippen LogP contribution in [0, 0.1) is 5.82 Å². The number of nitrogens with zero attached hydrogens (tertiary/aromatic N) is 3. The Balaban J connectivity index is 1.67. The molecule has 1 saturated heterocycles. The number of carbonyl (C=O) groups is 1. The van der Waals surface area contributed by atoms with Gasteiger partial charge in [-0.15, -0.1) is 0 Å². The van der Waals surface area contributed by atoms with E-state index >= 15 is 0 Å². The third-order valence-corrected chi connectivity index (χ3v) is 3.66. The van der Waals surface area contributed by atoms with E-state index in [4.69, 9.17) is 5.73 Å². The molecular weight excluding hydrogens is 273 g/mol. The number of anilines is 2. The van der Waals surface area contributed by atoms with Crippen LogP contribution in [0.3, 0.4) is 0 Å². The topological polar surface area (TPSA) is 78.2 Å². The minimum atomic E-state index is -0.239. The van der Waals surface area contributed by atoms with Gasteiger partial charge in [-0.2, -0.15) is 5.10 Å². The first-order valence-electron chi connectivity index (χ1n) is 6.74. The molecule has 1 aliphatic rings. The molecule has 6 nitrogen and oxygen atoms in total. The Bertz CT molecular complexity index is 648. The highest BCUT2D eigenvalue weighted by atomic mass is 19.1. The fraction of sp³-hybridized carbons (Fsp3) is 0.286. The van der Waals surface area contributed by atoms with Crippen LogP contribution in [0.1, 0.15) is 10.4 Å². The molecule has 0 unspecified atom stereocenters. The summed E-state index contributed by atoms with van der Waals surface area (Å²) in [7, 11) is 0. The van der Waals surface area contributed by atoms with Crippen molar-refractivity contribution >= 4 is 17.4 Å². The minimum absolute atomic E-state index is 0.144. The Kier molecular flexibility index (Phi) is 3.47. The molecule has 1 aromatic heterocycles. The zero-order valence-electron chi connectivity index (χ0n) is 11.4. The number of aromatic nitrogens is 2. The van der Waals surface area contributed by atoms with Crippen molar-refractivity contribution in [3.8, 4) is 0 Å². The van der Waals surface area contributed by atoms with Crippen LogP contribution >= 0.6 is 0 Å². The lowest BCUT2D eigenvalue weighted by molar-refractivity contribution is 0.0748. The number of hydrogen-bond donors (Lipinski definition) is 2. The van der Waals surface area contributed by atoms with Crippen molar-refractivity contribution in [2.24, 2.45) is 0 Å². The third kappa shape index (κ3) is 2.54. The van der Waals surface area contributed by atoms with E-state index in [1.807, 2.05) is 11.0 Å². The molecule has 0 spiro atoms. The molecule has 2 aromatic rings. The van der Waals surface area contributed by atoms with Crippen LogP contribution in [-0.4, -0.2) is 47.2 Å². The molecule has 0 saturated carbocycles. The molecule has 1 fully saturated rings. The second kappa shape index (κ2) is 5.43. The number of amides is 1. The number of piperazine rings is 1. The van der Waals surface area contributed by atoms with Crippen LogP contribution in [0.5, 0.6) is 0 Å². The number of H-pyrrole nitrogens is 1. The first kappa shape index (κ1) is 13.4. The first-order chi connectivity index (χ1) is 10.2. The summed E-state index contributed by atoms with van der Waals surface area (Å²) in [5.74, 6) is -0.109. The number of nitrogens with two attached hydrogens (primary N) is 1. The molecule has 1 amide bonds. The van der Waals surface area contributed by atoms with Gasteiger partial charge in [0, 0.05) is 26.2 Å². The maximum atomic E-state index is 13.8. The molecular formula is C14H16FN5O. The van der Waals surface area contributed by atoms with Crippen LogP contribution in [-0.2, 0) is 0 Å². The van der Waals surface area contributed by atoms with Gasteiger partial charge in [0.25, 0.3) is 5.91 Å². The van der Waals surface area contributed by atoms with Crippen LogP contribution in [0.4, 0.5) is 15.9 Å². The van der Waals surface area contributed by atoms with Crippen molar-refractivity contribution in [2.45, 2.75) is 0 Å². The largest absolute Gasteiger partial charge is 0.383 e. The number of nitrogens with one attached hydrogen (secondary N) is 1. The molecule has 0 bridgehead atoms. The van der Waals surface area contributed by atoms with Crippen molar-refractivity contribution < 1.29 is 9.18 Å². The second-order valence-electron chi connectivity index (χ2n) is 4.93. The second-order valence-corrected chi connectivity index (χ2v) is 4.93. The first-order valence-corrected chi connectivity index (χ1v) is 6.74. The third-order valence-electron chi connectivity index (χ3n) is 3.66. The molecule has 3 N–H and O–H groups in total. The van der Waals surface area contributed by atoms with E-state index in [1.165, 1.54) is 12.3 Å². The Morgan fingerprint density at radius 2 is 1.95 bits per heavy atom. The maximum absolute atomic E-state index is 13.8. The lowest BCUT2D eigenvalue weighted by atomic mass is 10.2. The summed E-state index contributed by atoms with van der Waals surface area (Å²) >= 11 is 0. The Morgan fingerprint density at radius 1 is 1.24 bits per heavy atom. The Hall–Kier alpha value is -2.57. The number of benzene rings is 1. The van der Waals surface area contributed by atoms with E-state index < -0.39 is 0 Å². The molecule has 1 aromatic carbocycles. The fourth-order valence-corrected chi connectivity index (χ4v) is 2.50. The van der Waals surface area contributed by atoms with Gasteiger partial charge in [0.15, 0.2) is 0 Å². The van der Waals surface area contributed by atoms with E-state index in [2.05, 4.69) is 10.2 Å². The van der Waals surface area contributed by atoms with Gasteiger partial charge in [0.1, 0.15) is 17.2 Å². The highest BCUT2D eigenvalue weighted by molar-refractivity contribution is 5.98. The predicted molar refractivity (Wildman–Crippen MR) is 77.5 cm³/mol. The normalized spacial score (nSPS) is 15.3. The smallest absolute Gasteiger partial charge is 0.259 e. The molecule has 0 atom stereocenters. The highest BCUT2D eigenvalue weighted by Gasteiger charge is 2.25. The molecule has 2 heterocycles. The lowest BCUT2D eigenvalue weighted by Crippen LogP contribution is -2.49. The predicted octanol–water partition coefficient (Wildman–Crippen LogP) is 1.09. The molecule has 1 aliphatic heterocycles. The Morgan fingerprint density at radius 3 is 2.57 bits per heavy atom. The van der Waals surface area contributed by atoms with Crippen molar-refractivity contribution in [3.63, 3.8) is 0 Å². The van der Waals surface area contributed by atoms with Crippen molar-refractivity contribution in [2.75, 3.05) is 36.8 Å². The molecule has 21 heavy (non-hydrogen) atoms. The number of halogens is 1. The van der Waals surface area contributed by atoms with Crippen LogP contribution in [0.2, 0.25) is 0 Å². The van der Waals surface area contributed by atoms with Crippen LogP contribution < -0.4 is 10.6 Å². The number of para-hydroxylation sites is 1. The molecule has 7 heteroatoms. The van der Waals surface area contributed by atoms with Gasteiger partial charge in [-0.3, -0.25) is 9.89 Å². The van der Waals surface area contributed by atoms with Crippen LogP contribution in [0.15, 0.2) is 30.5 Å². The van der Waals surface area contributed by atoms with Crippen molar-refractivity contribution in [1.82, 2.24) is 15.1 Å². The standard InChI is InChI=1S/C14H16FN5O/c15-11-3-1-2-4-12(11)19-5-7-20(8-6-19)14(21)10-9-17-18-13(10)16/h1-4,9H,5-8H2,(H3,16,17,18). The number of nitrogen functional groups attached to an aromatic ring is 1. The maximum Gasteiger partial charge on any atom is 0.259 e. The monoisotopic (exact) mass is 289 g/mol. The van der Waals surface area contributed by atoms with Gasteiger partial charge >= 0.3 is 0 Å². The highest BCUT2D eigenvalue weighted by Crippen LogP contribution is 2.21. The van der Waals surface area contributed by atoms with Gasteiger partial charge < -0.3 is 15.5 Å². The average Bonchev–Trinajstić information content (AvgIpc) is 2.93. The average molecular weight is 289 g/mol. The van der Waals surface area contributed by atoms with Crippen LogP contribution in [0.25, 0.3) is 0 Å². The van der Waals surface area contributed by atoms with E-state index in [0.29, 0.717) is 37.4 Å². The summed E-state index contributed by atoms with van der Waals surface area (Å²) in [6.07, 6.45) is 1.43. The zero-order chi connectivity index (χ0) is 14.8. The molecule has 0 radical (unpaired) electrons. The minimum Gasteiger partial charge on any atom is -0.383 e. The Labute approximate surface area is 121 Å². The van der Waals surface area contributed by atoms with Gasteiger partial charge in [-0.1, -0.05) is 12.1 Å². The number of carbonyl (C=O) groups excluding carboxylic acids is 1. The van der Waals surface area contributed by atoms with Gasteiger partial charge in [-0.25, -0.2) is 4.39 Å². The van der Waals surface area contributed by atoms with Gasteiger partial charge in [0.2, 0.25) is 0 Å². The molecule has 110 valence electrons. The quantitative estimate of drug-likeness (QED) is 0.867. The van der Waals surface area contributed by atoms with E-state index in [0.717, 1.165) is 0 Å². The summed E-state index contributed by atoms with van der Waals surface area (Å²) in [6.45, 7) is 2.23. The zero-order valence-corrected chi connectivity index (χ0v) is 11.4. The van der Waals surface area contributed by atoms with Crippen molar-refractivity contribution in [1.29, 1.82) is 0 Å². The van der Waals surface area contributed by atoms with Gasteiger partial charge in [-0.05, 0) is 12.1 Å². The molecule has 0 aliphatic carbocycles. The summed E-state index contributed by atoms with van der Waals surface area (Å²) in [6, 6.07) is 6.67. The fourth-order valence-electron chi connectivity index (χ4n) is 2.50. The van der Waals surface area contributed by atoms with Gasteiger partial charge in [0.05, 0.1) is 11.9 Å². The molecule has 3 rings (SSSR count).